The smallest absolute Gasteiger partial charge is 0.323 e. The van der Waals surface area contributed by atoms with E-state index >= 15 is 0 Å². The first-order valence-corrected chi connectivity index (χ1v) is 6.15. The molecule has 1 saturated carbocycles. The molecule has 0 heterocycles. The van der Waals surface area contributed by atoms with Gasteiger partial charge in [-0.3, -0.25) is 4.79 Å². The lowest BCUT2D eigenvalue weighted by Gasteiger charge is -2.31. The Morgan fingerprint density at radius 1 is 1.40 bits per heavy atom. The minimum Gasteiger partial charge on any atom is -0.461 e. The van der Waals surface area contributed by atoms with Crippen LogP contribution in [-0.4, -0.2) is 18.1 Å². The molecule has 1 aliphatic carbocycles. The molecule has 88 valence electrons. The number of ether oxygens (including phenoxy) is 1. The van der Waals surface area contributed by atoms with Crippen LogP contribution in [0.2, 0.25) is 0 Å². The molecule has 1 aliphatic rings. The van der Waals surface area contributed by atoms with Crippen LogP contribution in [0.15, 0.2) is 0 Å². The number of nitrogens with two attached hydrogens (primary N) is 1. The summed E-state index contributed by atoms with van der Waals surface area (Å²) < 4.78 is 5.48. The quantitative estimate of drug-likeness (QED) is 0.729. The molecular formula is C12H23NO2. The molecule has 15 heavy (non-hydrogen) atoms. The van der Waals surface area contributed by atoms with Crippen LogP contribution in [0.5, 0.6) is 0 Å². The van der Waals surface area contributed by atoms with Gasteiger partial charge < -0.3 is 10.5 Å². The Labute approximate surface area is 92.4 Å². The molecule has 1 rings (SSSR count). The van der Waals surface area contributed by atoms with Crippen molar-refractivity contribution in [1.29, 1.82) is 0 Å². The Bertz CT molecular complexity index is 206. The van der Waals surface area contributed by atoms with Crippen molar-refractivity contribution in [2.24, 2.45) is 11.7 Å². The van der Waals surface area contributed by atoms with Crippen molar-refractivity contribution < 1.29 is 9.53 Å². The van der Waals surface area contributed by atoms with E-state index in [9.17, 15) is 4.79 Å². The lowest BCUT2D eigenvalue weighted by molar-refractivity contribution is -0.155. The first-order valence-electron chi connectivity index (χ1n) is 6.15. The molecule has 2 N–H and O–H groups in total. The van der Waals surface area contributed by atoms with E-state index in [2.05, 4.69) is 6.92 Å². The Morgan fingerprint density at radius 2 is 2.07 bits per heavy atom. The summed E-state index contributed by atoms with van der Waals surface area (Å²) >= 11 is 0. The first-order chi connectivity index (χ1) is 7.19. The average Bonchev–Trinajstić information content (AvgIpc) is 2.28. The molecule has 0 spiro atoms. The van der Waals surface area contributed by atoms with Gasteiger partial charge in [-0.1, -0.05) is 20.3 Å². The first kappa shape index (κ1) is 12.5. The van der Waals surface area contributed by atoms with Crippen LogP contribution in [0.3, 0.4) is 0 Å². The molecule has 0 aromatic rings. The SMILES string of the molecule is CCC1CCCCC1OC(=O)[C@@H](N)CC. The summed E-state index contributed by atoms with van der Waals surface area (Å²) in [5.41, 5.74) is 5.65. The van der Waals surface area contributed by atoms with Gasteiger partial charge in [0.05, 0.1) is 0 Å². The number of esters is 1. The van der Waals surface area contributed by atoms with Crippen molar-refractivity contribution in [3.05, 3.63) is 0 Å². The van der Waals surface area contributed by atoms with Crippen LogP contribution < -0.4 is 5.73 Å². The standard InChI is InChI=1S/C12H23NO2/c1-3-9-7-5-6-8-11(9)15-12(14)10(13)4-2/h9-11H,3-8,13H2,1-2H3/t9?,10-,11?/m0/s1. The van der Waals surface area contributed by atoms with E-state index < -0.39 is 6.04 Å². The van der Waals surface area contributed by atoms with Gasteiger partial charge in [0, 0.05) is 0 Å². The van der Waals surface area contributed by atoms with Crippen molar-refractivity contribution in [2.75, 3.05) is 0 Å². The molecule has 0 radical (unpaired) electrons. The zero-order chi connectivity index (χ0) is 11.3. The van der Waals surface area contributed by atoms with E-state index in [4.69, 9.17) is 10.5 Å². The zero-order valence-electron chi connectivity index (χ0n) is 9.87. The van der Waals surface area contributed by atoms with Gasteiger partial charge in [0.1, 0.15) is 12.1 Å². The molecule has 2 unspecified atom stereocenters. The van der Waals surface area contributed by atoms with Crippen LogP contribution in [0.1, 0.15) is 52.4 Å². The molecule has 0 aromatic heterocycles. The second-order valence-corrected chi connectivity index (χ2v) is 4.44. The Balaban J connectivity index is 2.44. The summed E-state index contributed by atoms with van der Waals surface area (Å²) in [6.45, 7) is 4.07. The molecule has 0 aromatic carbocycles. The summed E-state index contributed by atoms with van der Waals surface area (Å²) in [7, 11) is 0. The number of hydrogen-bond acceptors (Lipinski definition) is 3. The maximum atomic E-state index is 11.6. The van der Waals surface area contributed by atoms with E-state index in [1.807, 2.05) is 6.92 Å². The Morgan fingerprint density at radius 3 is 2.67 bits per heavy atom. The van der Waals surface area contributed by atoms with Gasteiger partial charge in [-0.2, -0.15) is 0 Å². The van der Waals surface area contributed by atoms with E-state index in [0.717, 1.165) is 12.8 Å². The van der Waals surface area contributed by atoms with Crippen LogP contribution in [0, 0.1) is 5.92 Å². The van der Waals surface area contributed by atoms with Gasteiger partial charge in [0.15, 0.2) is 0 Å². The van der Waals surface area contributed by atoms with E-state index in [0.29, 0.717) is 12.3 Å². The van der Waals surface area contributed by atoms with Gasteiger partial charge in [0.25, 0.3) is 0 Å². The molecule has 3 atom stereocenters. The summed E-state index contributed by atoms with van der Waals surface area (Å²) in [5.74, 6) is 0.328. The zero-order valence-corrected chi connectivity index (χ0v) is 9.87. The highest BCUT2D eigenvalue weighted by atomic mass is 16.5. The number of rotatable bonds is 4. The lowest BCUT2D eigenvalue weighted by Crippen LogP contribution is -2.37. The summed E-state index contributed by atoms with van der Waals surface area (Å²) in [5, 5.41) is 0. The minimum atomic E-state index is -0.440. The predicted octanol–water partition coefficient (Wildman–Crippen LogP) is 2.24. The molecule has 0 amide bonds. The molecule has 0 saturated heterocycles. The highest BCUT2D eigenvalue weighted by molar-refractivity contribution is 5.75. The van der Waals surface area contributed by atoms with Gasteiger partial charge in [-0.25, -0.2) is 0 Å². The molecule has 3 nitrogen and oxygen atoms in total. The van der Waals surface area contributed by atoms with E-state index in [-0.39, 0.29) is 12.1 Å². The maximum absolute atomic E-state index is 11.6. The topological polar surface area (TPSA) is 52.3 Å². The van der Waals surface area contributed by atoms with Crippen molar-refractivity contribution in [1.82, 2.24) is 0 Å². The van der Waals surface area contributed by atoms with Crippen molar-refractivity contribution >= 4 is 5.97 Å². The normalized spacial score (nSPS) is 28.5. The Kier molecular flexibility index (Phi) is 5.09. The number of carbonyl (C=O) groups excluding carboxylic acids is 1. The molecule has 0 bridgehead atoms. The minimum absolute atomic E-state index is 0.119. The molecule has 3 heteroatoms. The summed E-state index contributed by atoms with van der Waals surface area (Å²) in [6, 6.07) is -0.440. The van der Waals surface area contributed by atoms with E-state index in [1.54, 1.807) is 0 Å². The number of hydrogen-bond donors (Lipinski definition) is 1. The fourth-order valence-electron chi connectivity index (χ4n) is 2.20. The van der Waals surface area contributed by atoms with Gasteiger partial charge in [-0.05, 0) is 38.0 Å². The molecular weight excluding hydrogens is 190 g/mol. The second kappa shape index (κ2) is 6.11. The third-order valence-corrected chi connectivity index (χ3v) is 3.37. The molecule has 1 fully saturated rings. The third-order valence-electron chi connectivity index (χ3n) is 3.37. The fourth-order valence-corrected chi connectivity index (χ4v) is 2.20. The predicted molar refractivity (Wildman–Crippen MR) is 60.4 cm³/mol. The van der Waals surface area contributed by atoms with Crippen LogP contribution in [0.25, 0.3) is 0 Å². The highest BCUT2D eigenvalue weighted by Gasteiger charge is 2.28. The highest BCUT2D eigenvalue weighted by Crippen LogP contribution is 2.29. The van der Waals surface area contributed by atoms with Crippen molar-refractivity contribution in [2.45, 2.75) is 64.5 Å². The van der Waals surface area contributed by atoms with Gasteiger partial charge in [-0.15, -0.1) is 0 Å². The maximum Gasteiger partial charge on any atom is 0.323 e. The van der Waals surface area contributed by atoms with Crippen LogP contribution >= 0.6 is 0 Å². The summed E-state index contributed by atoms with van der Waals surface area (Å²) in [4.78, 5) is 11.6. The fraction of sp³-hybridized carbons (Fsp3) is 0.917. The Hall–Kier alpha value is -0.570. The van der Waals surface area contributed by atoms with Crippen LogP contribution in [0.4, 0.5) is 0 Å². The lowest BCUT2D eigenvalue weighted by atomic mass is 9.85. The van der Waals surface area contributed by atoms with Crippen molar-refractivity contribution in [3.63, 3.8) is 0 Å². The van der Waals surface area contributed by atoms with Crippen molar-refractivity contribution in [3.8, 4) is 0 Å². The third kappa shape index (κ3) is 3.49. The van der Waals surface area contributed by atoms with E-state index in [1.165, 1.54) is 19.3 Å². The largest absolute Gasteiger partial charge is 0.461 e. The van der Waals surface area contributed by atoms with Crippen LogP contribution in [-0.2, 0) is 9.53 Å². The number of carbonyl (C=O) groups is 1. The molecule has 0 aliphatic heterocycles. The monoisotopic (exact) mass is 213 g/mol. The summed E-state index contributed by atoms with van der Waals surface area (Å²) in [6.07, 6.45) is 6.52. The van der Waals surface area contributed by atoms with Gasteiger partial charge in [0.2, 0.25) is 0 Å². The second-order valence-electron chi connectivity index (χ2n) is 4.44. The average molecular weight is 213 g/mol. The van der Waals surface area contributed by atoms with Gasteiger partial charge >= 0.3 is 5.97 Å².